The fraction of sp³-hybridized carbons (Fsp3) is 0.533. The highest BCUT2D eigenvalue weighted by atomic mass is 19.2. The third kappa shape index (κ3) is 3.91. The van der Waals surface area contributed by atoms with Crippen molar-refractivity contribution >= 4 is 6.09 Å². The predicted octanol–water partition coefficient (Wildman–Crippen LogP) is 2.99. The van der Waals surface area contributed by atoms with E-state index in [1.807, 2.05) is 0 Å². The molecule has 1 saturated heterocycles. The third-order valence-electron chi connectivity index (χ3n) is 3.24. The molecule has 1 aromatic carbocycles. The van der Waals surface area contributed by atoms with Crippen molar-refractivity contribution in [2.45, 2.75) is 32.4 Å². The zero-order valence-electron chi connectivity index (χ0n) is 12.8. The molecular formula is C15H19F3N2O2. The largest absolute Gasteiger partial charge is 0.444 e. The second kappa shape index (κ2) is 6.16. The van der Waals surface area contributed by atoms with Gasteiger partial charge in [-0.15, -0.1) is 0 Å². The number of hydrogen-bond acceptors (Lipinski definition) is 3. The molecule has 122 valence electrons. The first-order valence-corrected chi connectivity index (χ1v) is 7.03. The van der Waals surface area contributed by atoms with Crippen molar-refractivity contribution in [1.82, 2.24) is 10.2 Å². The number of benzene rings is 1. The van der Waals surface area contributed by atoms with Gasteiger partial charge in [0.1, 0.15) is 11.4 Å². The van der Waals surface area contributed by atoms with Gasteiger partial charge in [-0.3, -0.25) is 0 Å². The van der Waals surface area contributed by atoms with Crippen LogP contribution in [-0.4, -0.2) is 36.2 Å². The summed E-state index contributed by atoms with van der Waals surface area (Å²) in [5.74, 6) is -3.20. The second-order valence-corrected chi connectivity index (χ2v) is 6.22. The summed E-state index contributed by atoms with van der Waals surface area (Å²) < 4.78 is 45.4. The molecule has 1 fully saturated rings. The van der Waals surface area contributed by atoms with Crippen LogP contribution in [-0.2, 0) is 4.74 Å². The molecule has 1 N–H and O–H groups in total. The maximum absolute atomic E-state index is 13.8. The molecule has 0 radical (unpaired) electrons. The van der Waals surface area contributed by atoms with Crippen molar-refractivity contribution in [2.24, 2.45) is 0 Å². The van der Waals surface area contributed by atoms with Crippen molar-refractivity contribution < 1.29 is 22.7 Å². The van der Waals surface area contributed by atoms with Crippen LogP contribution in [0, 0.1) is 17.5 Å². The molecule has 1 amide bonds. The first-order chi connectivity index (χ1) is 10.2. The Labute approximate surface area is 127 Å². The first kappa shape index (κ1) is 16.6. The molecule has 0 spiro atoms. The lowest BCUT2D eigenvalue weighted by Gasteiger charge is -2.35. The molecule has 7 heteroatoms. The van der Waals surface area contributed by atoms with E-state index in [0.29, 0.717) is 19.2 Å². The molecule has 1 heterocycles. The van der Waals surface area contributed by atoms with E-state index in [-0.39, 0.29) is 12.1 Å². The van der Waals surface area contributed by atoms with Crippen LogP contribution in [0.1, 0.15) is 32.4 Å². The minimum absolute atomic E-state index is 0.00726. The van der Waals surface area contributed by atoms with Crippen LogP contribution in [0.25, 0.3) is 0 Å². The van der Waals surface area contributed by atoms with Crippen molar-refractivity contribution in [3.63, 3.8) is 0 Å². The Kier molecular flexibility index (Phi) is 4.65. The van der Waals surface area contributed by atoms with Gasteiger partial charge in [0.2, 0.25) is 0 Å². The van der Waals surface area contributed by atoms with Gasteiger partial charge in [0.15, 0.2) is 11.6 Å². The standard InChI is InChI=1S/C15H19F3N2O2/c1-15(2,3)22-14(21)20-5-4-19-13(8-20)9-6-11(17)12(18)7-10(9)16/h6-7,13,19H,4-5,8H2,1-3H3. The predicted molar refractivity (Wildman–Crippen MR) is 74.9 cm³/mol. The maximum atomic E-state index is 13.8. The Bertz CT molecular complexity index is 573. The Morgan fingerprint density at radius 2 is 1.86 bits per heavy atom. The number of carbonyl (C=O) groups excluding carboxylic acids is 1. The topological polar surface area (TPSA) is 41.6 Å². The SMILES string of the molecule is CC(C)(C)OC(=O)N1CCNC(c2cc(F)c(F)cc2F)C1. The molecule has 0 aromatic heterocycles. The zero-order valence-corrected chi connectivity index (χ0v) is 12.8. The fourth-order valence-corrected chi connectivity index (χ4v) is 2.26. The minimum atomic E-state index is -1.24. The smallest absolute Gasteiger partial charge is 0.410 e. The molecule has 4 nitrogen and oxygen atoms in total. The van der Waals surface area contributed by atoms with Crippen LogP contribution in [0.5, 0.6) is 0 Å². The van der Waals surface area contributed by atoms with E-state index in [0.717, 1.165) is 6.07 Å². The maximum Gasteiger partial charge on any atom is 0.410 e. The Morgan fingerprint density at radius 3 is 2.50 bits per heavy atom. The van der Waals surface area contributed by atoms with E-state index in [1.165, 1.54) is 4.90 Å². The molecule has 0 aliphatic carbocycles. The number of halogens is 3. The molecule has 22 heavy (non-hydrogen) atoms. The fourth-order valence-electron chi connectivity index (χ4n) is 2.26. The van der Waals surface area contributed by atoms with E-state index in [4.69, 9.17) is 4.74 Å². The molecule has 1 aliphatic heterocycles. The Morgan fingerprint density at radius 1 is 1.23 bits per heavy atom. The highest BCUT2D eigenvalue weighted by molar-refractivity contribution is 5.68. The number of hydrogen-bond donors (Lipinski definition) is 1. The van der Waals surface area contributed by atoms with Gasteiger partial charge in [0.05, 0.1) is 6.04 Å². The zero-order chi connectivity index (χ0) is 16.5. The number of piperazine rings is 1. The van der Waals surface area contributed by atoms with Crippen LogP contribution in [0.2, 0.25) is 0 Å². The molecule has 2 rings (SSSR count). The van der Waals surface area contributed by atoms with Crippen molar-refractivity contribution in [3.8, 4) is 0 Å². The molecular weight excluding hydrogens is 297 g/mol. The average Bonchev–Trinajstić information content (AvgIpc) is 2.41. The molecule has 1 aliphatic rings. The summed E-state index contributed by atoms with van der Waals surface area (Å²) >= 11 is 0. The Balaban J connectivity index is 2.14. The van der Waals surface area contributed by atoms with Crippen LogP contribution >= 0.6 is 0 Å². The highest BCUT2D eigenvalue weighted by Crippen LogP contribution is 2.24. The number of nitrogens with zero attached hydrogens (tertiary/aromatic N) is 1. The monoisotopic (exact) mass is 316 g/mol. The molecule has 0 bridgehead atoms. The third-order valence-corrected chi connectivity index (χ3v) is 3.24. The van der Waals surface area contributed by atoms with Gasteiger partial charge in [-0.25, -0.2) is 18.0 Å². The van der Waals surface area contributed by atoms with Gasteiger partial charge in [0, 0.05) is 31.3 Å². The summed E-state index contributed by atoms with van der Waals surface area (Å²) in [7, 11) is 0. The van der Waals surface area contributed by atoms with Crippen molar-refractivity contribution in [1.29, 1.82) is 0 Å². The number of rotatable bonds is 1. The summed E-state index contributed by atoms with van der Waals surface area (Å²) in [6, 6.07) is 0.719. The van der Waals surface area contributed by atoms with E-state index in [1.54, 1.807) is 20.8 Å². The van der Waals surface area contributed by atoms with Crippen LogP contribution in [0.4, 0.5) is 18.0 Å². The normalized spacial score (nSPS) is 19.2. The van der Waals surface area contributed by atoms with E-state index in [2.05, 4.69) is 5.32 Å². The first-order valence-electron chi connectivity index (χ1n) is 7.03. The molecule has 1 atom stereocenters. The molecule has 1 aromatic rings. The molecule has 0 saturated carbocycles. The lowest BCUT2D eigenvalue weighted by molar-refractivity contribution is 0.0193. The van der Waals surface area contributed by atoms with Gasteiger partial charge in [0.25, 0.3) is 0 Å². The van der Waals surface area contributed by atoms with Crippen molar-refractivity contribution in [3.05, 3.63) is 35.1 Å². The number of ether oxygens (including phenoxy) is 1. The minimum Gasteiger partial charge on any atom is -0.444 e. The quantitative estimate of drug-likeness (QED) is 0.810. The average molecular weight is 316 g/mol. The van der Waals surface area contributed by atoms with Gasteiger partial charge < -0.3 is 15.0 Å². The summed E-state index contributed by atoms with van der Waals surface area (Å²) in [5, 5.41) is 2.99. The second-order valence-electron chi connectivity index (χ2n) is 6.22. The van der Waals surface area contributed by atoms with Crippen LogP contribution in [0.3, 0.4) is 0 Å². The summed E-state index contributed by atoms with van der Waals surface area (Å²) in [6.45, 7) is 6.18. The van der Waals surface area contributed by atoms with Crippen LogP contribution in [0.15, 0.2) is 12.1 Å². The van der Waals surface area contributed by atoms with Gasteiger partial charge in [-0.2, -0.15) is 0 Å². The van der Waals surface area contributed by atoms with E-state index < -0.39 is 35.2 Å². The summed E-state index contributed by atoms with van der Waals surface area (Å²) in [6.07, 6.45) is -0.512. The number of amides is 1. The van der Waals surface area contributed by atoms with Crippen molar-refractivity contribution in [2.75, 3.05) is 19.6 Å². The lowest BCUT2D eigenvalue weighted by atomic mass is 10.0. The van der Waals surface area contributed by atoms with Gasteiger partial charge in [-0.1, -0.05) is 0 Å². The van der Waals surface area contributed by atoms with Gasteiger partial charge in [-0.05, 0) is 26.8 Å². The van der Waals surface area contributed by atoms with E-state index >= 15 is 0 Å². The summed E-state index contributed by atoms with van der Waals surface area (Å²) in [5.41, 5.74) is -0.641. The highest BCUT2D eigenvalue weighted by Gasteiger charge is 2.29. The summed E-state index contributed by atoms with van der Waals surface area (Å²) in [4.78, 5) is 13.5. The Hall–Kier alpha value is -1.76. The van der Waals surface area contributed by atoms with Gasteiger partial charge >= 0.3 is 6.09 Å². The molecule has 1 unspecified atom stereocenters. The van der Waals surface area contributed by atoms with Crippen LogP contribution < -0.4 is 5.32 Å². The number of carbonyl (C=O) groups is 1. The lowest BCUT2D eigenvalue weighted by Crippen LogP contribution is -2.49. The van der Waals surface area contributed by atoms with E-state index in [9.17, 15) is 18.0 Å². The number of nitrogens with one attached hydrogen (secondary N) is 1.